The third kappa shape index (κ3) is 4.64. The fourth-order valence-electron chi connectivity index (χ4n) is 3.00. The van der Waals surface area contributed by atoms with Crippen LogP contribution in [0.5, 0.6) is 5.75 Å². The van der Waals surface area contributed by atoms with Crippen molar-refractivity contribution >= 4 is 35.0 Å². The van der Waals surface area contributed by atoms with E-state index in [4.69, 9.17) is 27.9 Å². The minimum Gasteiger partial charge on any atom is -0.494 e. The van der Waals surface area contributed by atoms with Gasteiger partial charge in [-0.25, -0.2) is 0 Å². The Bertz CT molecular complexity index is 1130. The van der Waals surface area contributed by atoms with Gasteiger partial charge in [-0.1, -0.05) is 53.2 Å². The molecule has 1 aromatic heterocycles. The molecule has 1 heterocycles. The summed E-state index contributed by atoms with van der Waals surface area (Å²) >= 11 is 14.0. The van der Waals surface area contributed by atoms with Crippen molar-refractivity contribution in [2.75, 3.05) is 6.61 Å². The molecular weight excluding hydrogens is 437 g/mol. The van der Waals surface area contributed by atoms with E-state index in [-0.39, 0.29) is 0 Å². The number of hydrogen-bond acceptors (Lipinski definition) is 4. The number of ether oxygens (including phenoxy) is 1. The van der Waals surface area contributed by atoms with E-state index in [1.807, 2.05) is 84.3 Å². The van der Waals surface area contributed by atoms with Gasteiger partial charge in [0.1, 0.15) is 5.75 Å². The van der Waals surface area contributed by atoms with Crippen LogP contribution in [0.3, 0.4) is 0 Å². The van der Waals surface area contributed by atoms with Gasteiger partial charge in [-0.3, -0.25) is 4.57 Å². The molecule has 4 nitrogen and oxygen atoms in total. The van der Waals surface area contributed by atoms with E-state index in [1.54, 1.807) is 11.8 Å². The van der Waals surface area contributed by atoms with Crippen molar-refractivity contribution in [3.8, 4) is 22.8 Å². The van der Waals surface area contributed by atoms with E-state index < -0.39 is 0 Å². The summed E-state index contributed by atoms with van der Waals surface area (Å²) in [5.41, 5.74) is 2.94. The van der Waals surface area contributed by atoms with Crippen LogP contribution in [0.4, 0.5) is 0 Å². The number of benzene rings is 3. The molecule has 30 heavy (non-hydrogen) atoms. The second-order valence-electron chi connectivity index (χ2n) is 6.46. The Kier molecular flexibility index (Phi) is 6.62. The van der Waals surface area contributed by atoms with Crippen molar-refractivity contribution in [2.45, 2.75) is 17.8 Å². The van der Waals surface area contributed by atoms with Crippen LogP contribution in [0.2, 0.25) is 10.0 Å². The van der Waals surface area contributed by atoms with Crippen LogP contribution >= 0.6 is 35.0 Å². The lowest BCUT2D eigenvalue weighted by atomic mass is 10.2. The number of halogens is 2. The highest BCUT2D eigenvalue weighted by Gasteiger charge is 2.17. The minimum absolute atomic E-state index is 0.626. The molecule has 7 heteroatoms. The highest BCUT2D eigenvalue weighted by molar-refractivity contribution is 7.98. The first kappa shape index (κ1) is 20.8. The number of aromatic nitrogens is 3. The summed E-state index contributed by atoms with van der Waals surface area (Å²) in [5.74, 6) is 2.26. The van der Waals surface area contributed by atoms with Gasteiger partial charge in [0.2, 0.25) is 0 Å². The fraction of sp³-hybridized carbons (Fsp3) is 0.130. The van der Waals surface area contributed by atoms with Crippen molar-refractivity contribution in [3.63, 3.8) is 0 Å². The molecule has 0 amide bonds. The molecule has 0 fully saturated rings. The zero-order valence-corrected chi connectivity index (χ0v) is 18.6. The van der Waals surface area contributed by atoms with Crippen LogP contribution in [-0.2, 0) is 5.75 Å². The molecular formula is C23H19Cl2N3OS. The van der Waals surface area contributed by atoms with E-state index in [1.165, 1.54) is 0 Å². The third-order valence-electron chi connectivity index (χ3n) is 4.46. The lowest BCUT2D eigenvalue weighted by Crippen LogP contribution is -2.00. The minimum atomic E-state index is 0.626. The maximum atomic E-state index is 6.33. The van der Waals surface area contributed by atoms with E-state index >= 15 is 0 Å². The second kappa shape index (κ2) is 9.56. The first-order valence-corrected chi connectivity index (χ1v) is 11.2. The maximum absolute atomic E-state index is 6.33. The molecule has 0 bridgehead atoms. The van der Waals surface area contributed by atoms with Gasteiger partial charge in [0.25, 0.3) is 0 Å². The average molecular weight is 456 g/mol. The summed E-state index contributed by atoms with van der Waals surface area (Å²) in [5, 5.41) is 11.1. The van der Waals surface area contributed by atoms with Crippen molar-refractivity contribution < 1.29 is 4.74 Å². The average Bonchev–Trinajstić information content (AvgIpc) is 3.18. The Hall–Kier alpha value is -2.47. The Morgan fingerprint density at radius 3 is 2.33 bits per heavy atom. The summed E-state index contributed by atoms with van der Waals surface area (Å²) < 4.78 is 7.62. The highest BCUT2D eigenvalue weighted by Crippen LogP contribution is 2.32. The first-order valence-electron chi connectivity index (χ1n) is 9.46. The molecule has 0 atom stereocenters. The van der Waals surface area contributed by atoms with Crippen molar-refractivity contribution in [2.24, 2.45) is 0 Å². The SMILES string of the molecule is CCOc1ccc(-n2c(SCc3ccccc3Cl)nnc2-c2ccc(Cl)cc2)cc1. The van der Waals surface area contributed by atoms with Crippen molar-refractivity contribution in [1.82, 2.24) is 14.8 Å². The molecule has 4 rings (SSSR count). The van der Waals surface area contributed by atoms with Gasteiger partial charge in [-0.15, -0.1) is 10.2 Å². The van der Waals surface area contributed by atoms with Crippen molar-refractivity contribution in [1.29, 1.82) is 0 Å². The third-order valence-corrected chi connectivity index (χ3v) is 6.05. The van der Waals surface area contributed by atoms with Crippen molar-refractivity contribution in [3.05, 3.63) is 88.4 Å². The Balaban J connectivity index is 1.72. The lowest BCUT2D eigenvalue weighted by molar-refractivity contribution is 0.340. The van der Waals surface area contributed by atoms with Crippen LogP contribution in [0.1, 0.15) is 12.5 Å². The Morgan fingerprint density at radius 2 is 1.63 bits per heavy atom. The van der Waals surface area contributed by atoms with Gasteiger partial charge < -0.3 is 4.74 Å². The number of thioether (sulfide) groups is 1. The van der Waals surface area contributed by atoms with E-state index in [0.717, 1.165) is 38.6 Å². The fourth-order valence-corrected chi connectivity index (χ4v) is 4.36. The van der Waals surface area contributed by atoms with Gasteiger partial charge in [0.05, 0.1) is 6.61 Å². The molecule has 0 saturated carbocycles. The quantitative estimate of drug-likeness (QED) is 0.283. The molecule has 0 unspecified atom stereocenters. The molecule has 0 saturated heterocycles. The Morgan fingerprint density at radius 1 is 0.900 bits per heavy atom. The summed E-state index contributed by atoms with van der Waals surface area (Å²) in [6.45, 7) is 2.59. The molecule has 0 spiro atoms. The zero-order valence-electron chi connectivity index (χ0n) is 16.3. The predicted molar refractivity (Wildman–Crippen MR) is 124 cm³/mol. The standard InChI is InChI=1S/C23H19Cl2N3OS/c1-2-29-20-13-11-19(12-14-20)28-22(16-7-9-18(24)10-8-16)26-27-23(28)30-15-17-5-3-4-6-21(17)25/h3-14H,2,15H2,1H3. The topological polar surface area (TPSA) is 39.9 Å². The van der Waals surface area contributed by atoms with Crippen LogP contribution in [0, 0.1) is 0 Å². The molecule has 0 aliphatic carbocycles. The van der Waals surface area contributed by atoms with Gasteiger partial charge in [-0.2, -0.15) is 0 Å². The van der Waals surface area contributed by atoms with E-state index in [0.29, 0.717) is 17.4 Å². The van der Waals surface area contributed by atoms with Gasteiger partial charge >= 0.3 is 0 Å². The first-order chi connectivity index (χ1) is 14.7. The molecule has 0 N–H and O–H groups in total. The summed E-state index contributed by atoms with van der Waals surface area (Å²) in [6.07, 6.45) is 0. The largest absolute Gasteiger partial charge is 0.494 e. The van der Waals surface area contributed by atoms with Crippen LogP contribution in [0.25, 0.3) is 17.1 Å². The number of hydrogen-bond donors (Lipinski definition) is 0. The smallest absolute Gasteiger partial charge is 0.196 e. The van der Waals surface area contributed by atoms with E-state index in [9.17, 15) is 0 Å². The van der Waals surface area contributed by atoms with Gasteiger partial charge in [0, 0.05) is 27.0 Å². The summed E-state index contributed by atoms with van der Waals surface area (Å²) in [6, 6.07) is 23.3. The molecule has 0 aliphatic rings. The van der Waals surface area contributed by atoms with Gasteiger partial charge in [0.15, 0.2) is 11.0 Å². The molecule has 3 aromatic carbocycles. The number of nitrogens with zero attached hydrogens (tertiary/aromatic N) is 3. The van der Waals surface area contributed by atoms with Gasteiger partial charge in [-0.05, 0) is 67.1 Å². The maximum Gasteiger partial charge on any atom is 0.196 e. The van der Waals surface area contributed by atoms with Crippen LogP contribution < -0.4 is 4.74 Å². The molecule has 4 aromatic rings. The molecule has 0 radical (unpaired) electrons. The highest BCUT2D eigenvalue weighted by atomic mass is 35.5. The Labute approximate surface area is 189 Å². The molecule has 0 aliphatic heterocycles. The monoisotopic (exact) mass is 455 g/mol. The van der Waals surface area contributed by atoms with Crippen LogP contribution in [-0.4, -0.2) is 21.4 Å². The molecule has 152 valence electrons. The normalized spacial score (nSPS) is 10.9. The summed E-state index contributed by atoms with van der Waals surface area (Å²) in [7, 11) is 0. The number of rotatable bonds is 7. The van der Waals surface area contributed by atoms with E-state index in [2.05, 4.69) is 10.2 Å². The predicted octanol–water partition coefficient (Wildman–Crippen LogP) is 6.93. The lowest BCUT2D eigenvalue weighted by Gasteiger charge is -2.12. The van der Waals surface area contributed by atoms with Crippen LogP contribution in [0.15, 0.2) is 78.0 Å². The second-order valence-corrected chi connectivity index (χ2v) is 8.24. The summed E-state index contributed by atoms with van der Waals surface area (Å²) in [4.78, 5) is 0. The zero-order chi connectivity index (χ0) is 20.9.